The zero-order valence-electron chi connectivity index (χ0n) is 11.4. The molecule has 1 aliphatic rings. The lowest BCUT2D eigenvalue weighted by Crippen LogP contribution is -2.52. The lowest BCUT2D eigenvalue weighted by molar-refractivity contribution is -0.132. The normalized spacial score (nSPS) is 15.9. The van der Waals surface area contributed by atoms with Crippen molar-refractivity contribution in [2.75, 3.05) is 31.1 Å². The summed E-state index contributed by atoms with van der Waals surface area (Å²) in [7, 11) is 0. The van der Waals surface area contributed by atoms with Crippen LogP contribution in [0.15, 0.2) is 24.3 Å². The van der Waals surface area contributed by atoms with Crippen molar-refractivity contribution < 1.29 is 9.90 Å². The third-order valence-electron chi connectivity index (χ3n) is 3.20. The van der Waals surface area contributed by atoms with E-state index in [4.69, 9.17) is 5.73 Å². The fourth-order valence-electron chi connectivity index (χ4n) is 2.14. The third kappa shape index (κ3) is 4.44. The van der Waals surface area contributed by atoms with Gasteiger partial charge in [-0.3, -0.25) is 4.79 Å². The number of phenols is 1. The van der Waals surface area contributed by atoms with Crippen molar-refractivity contribution in [3.05, 3.63) is 24.3 Å². The Bertz CT molecular complexity index is 418. The molecule has 0 aromatic heterocycles. The Morgan fingerprint density at radius 2 is 1.65 bits per heavy atom. The van der Waals surface area contributed by atoms with Crippen molar-refractivity contribution in [3.8, 4) is 5.75 Å². The highest BCUT2D eigenvalue weighted by Gasteiger charge is 2.23. The van der Waals surface area contributed by atoms with Gasteiger partial charge in [-0.15, -0.1) is 24.8 Å². The summed E-state index contributed by atoms with van der Waals surface area (Å²) in [6.07, 6.45) is 0. The van der Waals surface area contributed by atoms with E-state index in [9.17, 15) is 9.90 Å². The molecule has 0 unspecified atom stereocenters. The Balaban J connectivity index is 0.00000180. The van der Waals surface area contributed by atoms with Gasteiger partial charge in [-0.1, -0.05) is 0 Å². The van der Waals surface area contributed by atoms with E-state index in [0.717, 1.165) is 18.8 Å². The maximum atomic E-state index is 11.7. The maximum absolute atomic E-state index is 11.7. The van der Waals surface area contributed by atoms with Crippen molar-refractivity contribution in [2.45, 2.75) is 13.0 Å². The number of benzene rings is 1. The first kappa shape index (κ1) is 18.8. The molecule has 0 aliphatic carbocycles. The predicted molar refractivity (Wildman–Crippen MR) is 85.0 cm³/mol. The molecule has 1 saturated heterocycles. The summed E-state index contributed by atoms with van der Waals surface area (Å²) in [6, 6.07) is 6.70. The summed E-state index contributed by atoms with van der Waals surface area (Å²) < 4.78 is 0. The van der Waals surface area contributed by atoms with E-state index in [1.807, 2.05) is 17.0 Å². The second kappa shape index (κ2) is 8.19. The highest BCUT2D eigenvalue weighted by Crippen LogP contribution is 2.19. The number of nitrogens with two attached hydrogens (primary N) is 1. The first-order valence-corrected chi connectivity index (χ1v) is 6.16. The Morgan fingerprint density at radius 3 is 2.10 bits per heavy atom. The van der Waals surface area contributed by atoms with Crippen molar-refractivity contribution in [3.63, 3.8) is 0 Å². The Labute approximate surface area is 131 Å². The van der Waals surface area contributed by atoms with E-state index in [1.165, 1.54) is 0 Å². The fraction of sp³-hybridized carbons (Fsp3) is 0.462. The van der Waals surface area contributed by atoms with Crippen LogP contribution >= 0.6 is 24.8 Å². The number of carbonyl (C=O) groups excluding carboxylic acids is 1. The van der Waals surface area contributed by atoms with Crippen LogP contribution in [0.5, 0.6) is 5.75 Å². The third-order valence-corrected chi connectivity index (χ3v) is 3.20. The molecule has 2 rings (SSSR count). The first-order chi connectivity index (χ1) is 8.58. The zero-order valence-corrected chi connectivity index (χ0v) is 13.0. The standard InChI is InChI=1S/C13H19N3O2.2ClH/c1-10(14)13(18)16-8-6-15(7-9-16)11-2-4-12(17)5-3-11;;/h2-5,10,17H,6-9,14H2,1H3;2*1H/t10-;;/m0../s1. The summed E-state index contributed by atoms with van der Waals surface area (Å²) in [5.74, 6) is 0.282. The largest absolute Gasteiger partial charge is 0.508 e. The Kier molecular flexibility index (Phi) is 7.71. The number of hydrogen-bond acceptors (Lipinski definition) is 4. The molecule has 1 amide bonds. The van der Waals surface area contributed by atoms with Crippen LogP contribution in [-0.4, -0.2) is 48.1 Å². The number of hydrogen-bond donors (Lipinski definition) is 2. The quantitative estimate of drug-likeness (QED) is 0.859. The maximum Gasteiger partial charge on any atom is 0.239 e. The number of piperazine rings is 1. The Hall–Kier alpha value is -1.17. The van der Waals surface area contributed by atoms with Crippen LogP contribution in [-0.2, 0) is 4.79 Å². The van der Waals surface area contributed by atoms with Crippen LogP contribution < -0.4 is 10.6 Å². The van der Waals surface area contributed by atoms with Crippen LogP contribution in [0.4, 0.5) is 5.69 Å². The molecule has 7 heteroatoms. The summed E-state index contributed by atoms with van der Waals surface area (Å²) in [6.45, 7) is 4.70. The zero-order chi connectivity index (χ0) is 13.1. The van der Waals surface area contributed by atoms with E-state index in [0.29, 0.717) is 13.1 Å². The molecule has 3 N–H and O–H groups in total. The molecular formula is C13H21Cl2N3O2. The number of rotatable bonds is 2. The van der Waals surface area contributed by atoms with Gasteiger partial charge in [-0.25, -0.2) is 0 Å². The van der Waals surface area contributed by atoms with Gasteiger partial charge in [-0.2, -0.15) is 0 Å². The molecule has 0 bridgehead atoms. The van der Waals surface area contributed by atoms with Crippen molar-refractivity contribution in [1.29, 1.82) is 0 Å². The summed E-state index contributed by atoms with van der Waals surface area (Å²) in [5, 5.41) is 9.25. The fourth-order valence-corrected chi connectivity index (χ4v) is 2.14. The lowest BCUT2D eigenvalue weighted by atomic mass is 10.2. The number of nitrogens with zero attached hydrogens (tertiary/aromatic N) is 2. The smallest absolute Gasteiger partial charge is 0.239 e. The SMILES string of the molecule is C[C@H](N)C(=O)N1CCN(c2ccc(O)cc2)CC1.Cl.Cl. The highest BCUT2D eigenvalue weighted by atomic mass is 35.5. The van der Waals surface area contributed by atoms with Gasteiger partial charge in [0, 0.05) is 31.9 Å². The monoisotopic (exact) mass is 321 g/mol. The molecule has 1 aromatic carbocycles. The minimum atomic E-state index is -0.426. The number of amides is 1. The molecular weight excluding hydrogens is 301 g/mol. The molecule has 20 heavy (non-hydrogen) atoms. The highest BCUT2D eigenvalue weighted by molar-refractivity contribution is 5.85. The van der Waals surface area contributed by atoms with Gasteiger partial charge < -0.3 is 20.6 Å². The molecule has 1 heterocycles. The molecule has 1 aromatic rings. The van der Waals surface area contributed by atoms with Crippen molar-refractivity contribution >= 4 is 36.4 Å². The molecule has 114 valence electrons. The van der Waals surface area contributed by atoms with Gasteiger partial charge >= 0.3 is 0 Å². The van der Waals surface area contributed by atoms with Gasteiger partial charge in [0.1, 0.15) is 5.75 Å². The van der Waals surface area contributed by atoms with E-state index >= 15 is 0 Å². The molecule has 0 radical (unpaired) electrons. The number of phenolic OH excluding ortho intramolecular Hbond substituents is 1. The summed E-state index contributed by atoms with van der Waals surface area (Å²) in [4.78, 5) is 15.7. The second-order valence-corrected chi connectivity index (χ2v) is 4.62. The van der Waals surface area contributed by atoms with Gasteiger partial charge in [0.2, 0.25) is 5.91 Å². The van der Waals surface area contributed by atoms with Crippen molar-refractivity contribution in [2.24, 2.45) is 5.73 Å². The van der Waals surface area contributed by atoms with E-state index in [1.54, 1.807) is 19.1 Å². The molecule has 1 fully saturated rings. The van der Waals surface area contributed by atoms with Gasteiger partial charge in [-0.05, 0) is 31.2 Å². The predicted octanol–water partition coefficient (Wildman–Crippen LogP) is 1.23. The summed E-state index contributed by atoms with van der Waals surface area (Å²) >= 11 is 0. The molecule has 1 atom stereocenters. The number of carbonyl (C=O) groups is 1. The van der Waals surface area contributed by atoms with Crippen LogP contribution in [0, 0.1) is 0 Å². The van der Waals surface area contributed by atoms with Gasteiger partial charge in [0.25, 0.3) is 0 Å². The van der Waals surface area contributed by atoms with Crippen LogP contribution in [0.25, 0.3) is 0 Å². The van der Waals surface area contributed by atoms with Crippen molar-refractivity contribution in [1.82, 2.24) is 4.90 Å². The topological polar surface area (TPSA) is 69.8 Å². The molecule has 0 spiro atoms. The van der Waals surface area contributed by atoms with Crippen LogP contribution in [0.1, 0.15) is 6.92 Å². The molecule has 1 aliphatic heterocycles. The minimum absolute atomic E-state index is 0. The minimum Gasteiger partial charge on any atom is -0.508 e. The average Bonchev–Trinajstić information content (AvgIpc) is 2.39. The van der Waals surface area contributed by atoms with Crippen LogP contribution in [0.3, 0.4) is 0 Å². The van der Waals surface area contributed by atoms with Gasteiger partial charge in [0.15, 0.2) is 0 Å². The van der Waals surface area contributed by atoms with E-state index in [-0.39, 0.29) is 36.5 Å². The van der Waals surface area contributed by atoms with E-state index in [2.05, 4.69) is 4.90 Å². The molecule has 0 saturated carbocycles. The summed E-state index contributed by atoms with van der Waals surface area (Å²) in [5.41, 5.74) is 6.67. The second-order valence-electron chi connectivity index (χ2n) is 4.62. The lowest BCUT2D eigenvalue weighted by Gasteiger charge is -2.36. The number of anilines is 1. The number of halogens is 2. The van der Waals surface area contributed by atoms with Gasteiger partial charge in [0.05, 0.1) is 6.04 Å². The average molecular weight is 322 g/mol. The first-order valence-electron chi connectivity index (χ1n) is 6.16. The molecule has 5 nitrogen and oxygen atoms in total. The van der Waals surface area contributed by atoms with Crippen LogP contribution in [0.2, 0.25) is 0 Å². The van der Waals surface area contributed by atoms with E-state index < -0.39 is 6.04 Å². The number of aromatic hydroxyl groups is 1. The Morgan fingerprint density at radius 1 is 1.15 bits per heavy atom.